The number of benzene rings is 4. The molecular formula is C30H23N5O3. The molecule has 38 heavy (non-hydrogen) atoms. The highest BCUT2D eigenvalue weighted by Gasteiger charge is 2.14. The Morgan fingerprint density at radius 2 is 1.37 bits per heavy atom. The molecule has 0 saturated heterocycles. The van der Waals surface area contributed by atoms with Crippen LogP contribution in [0.15, 0.2) is 119 Å². The Morgan fingerprint density at radius 3 is 2.05 bits per heavy atom. The van der Waals surface area contributed by atoms with Crippen molar-refractivity contribution in [3.05, 3.63) is 142 Å². The van der Waals surface area contributed by atoms with Crippen LogP contribution >= 0.6 is 0 Å². The number of para-hydroxylation sites is 1. The minimum absolute atomic E-state index is 0.0581. The van der Waals surface area contributed by atoms with Crippen LogP contribution in [0.2, 0.25) is 0 Å². The van der Waals surface area contributed by atoms with Crippen molar-refractivity contribution in [1.82, 2.24) is 20.3 Å². The second kappa shape index (κ2) is 11.1. The highest BCUT2D eigenvalue weighted by Crippen LogP contribution is 2.14. The minimum Gasteiger partial charge on any atom is -0.345 e. The van der Waals surface area contributed by atoms with Gasteiger partial charge in [0.2, 0.25) is 0 Å². The normalized spacial score (nSPS) is 10.9. The quantitative estimate of drug-likeness (QED) is 0.259. The van der Waals surface area contributed by atoms with E-state index in [0.717, 1.165) is 5.56 Å². The molecule has 8 nitrogen and oxygen atoms in total. The second-order valence-corrected chi connectivity index (χ2v) is 8.39. The van der Waals surface area contributed by atoms with Crippen LogP contribution in [0.3, 0.4) is 0 Å². The van der Waals surface area contributed by atoms with E-state index in [4.69, 9.17) is 0 Å². The fraction of sp³-hybridized carbons (Fsp3) is 0.0333. The molecule has 0 aliphatic rings. The van der Waals surface area contributed by atoms with Crippen LogP contribution in [0.5, 0.6) is 0 Å². The lowest BCUT2D eigenvalue weighted by atomic mass is 10.2. The maximum absolute atomic E-state index is 13.5. The molecule has 1 aromatic heterocycles. The molecule has 5 aromatic rings. The van der Waals surface area contributed by atoms with Crippen molar-refractivity contribution in [2.75, 3.05) is 0 Å². The van der Waals surface area contributed by atoms with Gasteiger partial charge in [0.05, 0.1) is 29.3 Å². The van der Waals surface area contributed by atoms with E-state index < -0.39 is 0 Å². The first-order valence-corrected chi connectivity index (χ1v) is 11.9. The minimum atomic E-state index is -0.311. The molecule has 186 valence electrons. The first-order chi connectivity index (χ1) is 18.6. The predicted molar refractivity (Wildman–Crippen MR) is 146 cm³/mol. The fourth-order valence-electron chi connectivity index (χ4n) is 3.94. The number of fused-ring (bicyclic) bond motifs is 1. The van der Waals surface area contributed by atoms with Gasteiger partial charge in [-0.05, 0) is 54.1 Å². The highest BCUT2D eigenvalue weighted by molar-refractivity contribution is 5.95. The molecule has 2 N–H and O–H groups in total. The van der Waals surface area contributed by atoms with Gasteiger partial charge in [0.15, 0.2) is 0 Å². The van der Waals surface area contributed by atoms with Gasteiger partial charge in [-0.25, -0.2) is 10.4 Å². The van der Waals surface area contributed by atoms with Gasteiger partial charge in [0.25, 0.3) is 17.4 Å². The molecule has 2 amide bonds. The van der Waals surface area contributed by atoms with E-state index in [1.807, 2.05) is 18.2 Å². The standard InChI is InChI=1S/C30H23N5O3/c36-28(22-9-3-1-4-10-22)31-20-27-33-26-14-8-7-13-25(26)30(38)35(27)24-17-15-21(16-18-24)19-32-34-29(37)23-11-5-2-6-12-23/h1-19H,20H2,(H,31,36)(H,34,37). The van der Waals surface area contributed by atoms with Crippen LogP contribution in [0.25, 0.3) is 16.6 Å². The third-order valence-corrected chi connectivity index (χ3v) is 5.86. The summed E-state index contributed by atoms with van der Waals surface area (Å²) in [5, 5.41) is 7.35. The number of hydrogen-bond acceptors (Lipinski definition) is 5. The van der Waals surface area contributed by atoms with Crippen LogP contribution in [0.4, 0.5) is 0 Å². The zero-order valence-corrected chi connectivity index (χ0v) is 20.2. The summed E-state index contributed by atoms with van der Waals surface area (Å²) in [6.07, 6.45) is 1.52. The molecule has 4 aromatic carbocycles. The van der Waals surface area contributed by atoms with Gasteiger partial charge < -0.3 is 5.32 Å². The SMILES string of the molecule is O=C(NCc1nc2ccccc2c(=O)n1-c1ccc(C=NNC(=O)c2ccccc2)cc1)c1ccccc1. The van der Waals surface area contributed by atoms with E-state index in [9.17, 15) is 14.4 Å². The summed E-state index contributed by atoms with van der Waals surface area (Å²) in [5.41, 5.74) is 5.15. The Morgan fingerprint density at radius 1 is 0.763 bits per heavy atom. The molecule has 0 unspecified atom stereocenters. The summed E-state index contributed by atoms with van der Waals surface area (Å²) in [7, 11) is 0. The Hall–Kier alpha value is -5.37. The summed E-state index contributed by atoms with van der Waals surface area (Å²) < 4.78 is 1.49. The lowest BCUT2D eigenvalue weighted by molar-refractivity contribution is 0.0944. The maximum atomic E-state index is 13.5. The van der Waals surface area contributed by atoms with Crippen molar-refractivity contribution in [2.24, 2.45) is 5.10 Å². The van der Waals surface area contributed by atoms with Crippen molar-refractivity contribution in [2.45, 2.75) is 6.54 Å². The van der Waals surface area contributed by atoms with Gasteiger partial charge in [-0.1, -0.05) is 60.7 Å². The van der Waals surface area contributed by atoms with Gasteiger partial charge in [0, 0.05) is 11.1 Å². The molecule has 5 rings (SSSR count). The summed E-state index contributed by atoms with van der Waals surface area (Å²) in [4.78, 5) is 42.9. The van der Waals surface area contributed by atoms with Gasteiger partial charge in [-0.2, -0.15) is 5.10 Å². The lowest BCUT2D eigenvalue weighted by Crippen LogP contribution is -2.30. The van der Waals surface area contributed by atoms with E-state index >= 15 is 0 Å². The van der Waals surface area contributed by atoms with Crippen LogP contribution in [-0.2, 0) is 6.54 Å². The smallest absolute Gasteiger partial charge is 0.271 e. The second-order valence-electron chi connectivity index (χ2n) is 8.39. The lowest BCUT2D eigenvalue weighted by Gasteiger charge is -2.14. The molecule has 0 aliphatic heterocycles. The highest BCUT2D eigenvalue weighted by atomic mass is 16.2. The first-order valence-electron chi connectivity index (χ1n) is 11.9. The van der Waals surface area contributed by atoms with Crippen LogP contribution in [0.1, 0.15) is 32.1 Å². The Bertz CT molecular complexity index is 1680. The van der Waals surface area contributed by atoms with Crippen LogP contribution in [-0.4, -0.2) is 27.6 Å². The molecule has 0 aliphatic carbocycles. The van der Waals surface area contributed by atoms with Crippen molar-refractivity contribution < 1.29 is 9.59 Å². The number of rotatable bonds is 7. The molecule has 0 bridgehead atoms. The Labute approximate surface area is 218 Å². The maximum Gasteiger partial charge on any atom is 0.271 e. The van der Waals surface area contributed by atoms with Gasteiger partial charge in [-0.15, -0.1) is 0 Å². The summed E-state index contributed by atoms with van der Waals surface area (Å²) in [6.45, 7) is 0.0581. The molecular weight excluding hydrogens is 478 g/mol. The van der Waals surface area contributed by atoms with Crippen LogP contribution < -0.4 is 16.3 Å². The van der Waals surface area contributed by atoms with E-state index in [1.165, 1.54) is 10.8 Å². The van der Waals surface area contributed by atoms with E-state index in [1.54, 1.807) is 91.0 Å². The van der Waals surface area contributed by atoms with Gasteiger partial charge in [0.1, 0.15) is 5.82 Å². The molecule has 0 atom stereocenters. The largest absolute Gasteiger partial charge is 0.345 e. The molecule has 0 fully saturated rings. The number of hydrazone groups is 1. The monoisotopic (exact) mass is 501 g/mol. The van der Waals surface area contributed by atoms with Crippen molar-refractivity contribution in [3.63, 3.8) is 0 Å². The number of nitrogens with one attached hydrogen (secondary N) is 2. The van der Waals surface area contributed by atoms with E-state index in [2.05, 4.69) is 20.8 Å². The Balaban J connectivity index is 1.40. The number of carbonyl (C=O) groups is 2. The zero-order chi connectivity index (χ0) is 26.3. The summed E-state index contributed by atoms with van der Waals surface area (Å²) >= 11 is 0. The van der Waals surface area contributed by atoms with Crippen LogP contribution in [0, 0.1) is 0 Å². The average Bonchev–Trinajstić information content (AvgIpc) is 2.97. The summed E-state index contributed by atoms with van der Waals surface area (Å²) in [5.74, 6) is -0.173. The number of nitrogens with zero attached hydrogens (tertiary/aromatic N) is 3. The third-order valence-electron chi connectivity index (χ3n) is 5.86. The molecule has 0 saturated carbocycles. The van der Waals surface area contributed by atoms with Gasteiger partial charge in [-0.3, -0.25) is 19.0 Å². The Kier molecular flexibility index (Phi) is 7.13. The zero-order valence-electron chi connectivity index (χ0n) is 20.2. The predicted octanol–water partition coefficient (Wildman–Crippen LogP) is 4.08. The number of hydrogen-bond donors (Lipinski definition) is 2. The van der Waals surface area contributed by atoms with E-state index in [0.29, 0.717) is 33.5 Å². The van der Waals surface area contributed by atoms with Crippen molar-refractivity contribution >= 4 is 28.9 Å². The molecule has 1 heterocycles. The molecule has 0 spiro atoms. The third kappa shape index (κ3) is 5.39. The fourth-order valence-corrected chi connectivity index (χ4v) is 3.94. The first kappa shape index (κ1) is 24.3. The van der Waals surface area contributed by atoms with E-state index in [-0.39, 0.29) is 23.9 Å². The number of amides is 2. The molecule has 8 heteroatoms. The van der Waals surface area contributed by atoms with Crippen molar-refractivity contribution in [3.8, 4) is 5.69 Å². The topological polar surface area (TPSA) is 105 Å². The van der Waals surface area contributed by atoms with Crippen molar-refractivity contribution in [1.29, 1.82) is 0 Å². The van der Waals surface area contributed by atoms with Gasteiger partial charge >= 0.3 is 0 Å². The number of carbonyl (C=O) groups excluding carboxylic acids is 2. The molecule has 0 radical (unpaired) electrons. The average molecular weight is 502 g/mol. The number of aromatic nitrogens is 2. The summed E-state index contributed by atoms with van der Waals surface area (Å²) in [6, 6.07) is 31.8.